The number of fused-ring (bicyclic) bond motifs is 2. The van der Waals surface area contributed by atoms with Gasteiger partial charge in [-0.1, -0.05) is 52.0 Å². The number of imidazole rings is 2. The minimum Gasteiger partial charge on any atom is -0.453 e. The minimum absolute atomic E-state index is 0.147. The quantitative estimate of drug-likeness (QED) is 0.115. The molecule has 0 bridgehead atoms. The van der Waals surface area contributed by atoms with Gasteiger partial charge in [0, 0.05) is 18.7 Å². The summed E-state index contributed by atoms with van der Waals surface area (Å²) < 4.78 is 41.3. The molecular weight excluding hydrogens is 751 g/mol. The first-order valence-electron chi connectivity index (χ1n) is 19.6. The number of halogens is 2. The summed E-state index contributed by atoms with van der Waals surface area (Å²) in [4.78, 5) is 70.2. The molecule has 0 unspecified atom stereocenters. The summed E-state index contributed by atoms with van der Waals surface area (Å²) in [6.45, 7) is 8.31. The van der Waals surface area contributed by atoms with E-state index in [1.54, 1.807) is 52.3 Å². The maximum Gasteiger partial charge on any atom is 0.407 e. The maximum atomic E-state index is 16.2. The molecule has 7 rings (SSSR count). The number of nitrogens with zero attached hydrogens (tertiary/aromatic N) is 4. The van der Waals surface area contributed by atoms with Crippen molar-refractivity contribution in [3.8, 4) is 22.3 Å². The molecule has 0 spiro atoms. The molecular formula is C42H48F2N8O6. The molecule has 2 aromatic heterocycles. The molecule has 2 fully saturated rings. The smallest absolute Gasteiger partial charge is 0.407 e. The van der Waals surface area contributed by atoms with Gasteiger partial charge in [0.25, 0.3) is 0 Å². The van der Waals surface area contributed by atoms with Gasteiger partial charge in [0.2, 0.25) is 11.8 Å². The van der Waals surface area contributed by atoms with E-state index in [2.05, 4.69) is 30.6 Å². The number of rotatable bonds is 10. The van der Waals surface area contributed by atoms with Crippen LogP contribution in [0, 0.1) is 23.5 Å². The average molecular weight is 799 g/mol. The number of ether oxygens (including phenoxy) is 2. The van der Waals surface area contributed by atoms with Crippen molar-refractivity contribution in [3.63, 3.8) is 0 Å². The zero-order valence-electron chi connectivity index (χ0n) is 33.3. The molecule has 3 aromatic carbocycles. The number of hydrogen-bond acceptors (Lipinski definition) is 8. The lowest BCUT2D eigenvalue weighted by Crippen LogP contribution is -2.51. The molecule has 2 aliphatic heterocycles. The van der Waals surface area contributed by atoms with Crippen molar-refractivity contribution < 1.29 is 37.4 Å². The number of benzene rings is 3. The van der Waals surface area contributed by atoms with Gasteiger partial charge in [-0.2, -0.15) is 0 Å². The summed E-state index contributed by atoms with van der Waals surface area (Å²) in [6, 6.07) is 11.3. The van der Waals surface area contributed by atoms with Gasteiger partial charge in [-0.05, 0) is 78.5 Å². The number of methoxy groups -OCH3 is 2. The number of nitrogens with one attached hydrogen (secondary N) is 4. The summed E-state index contributed by atoms with van der Waals surface area (Å²) in [5.41, 5.74) is 3.46. The van der Waals surface area contributed by atoms with E-state index in [-0.39, 0.29) is 34.7 Å². The largest absolute Gasteiger partial charge is 0.453 e. The Morgan fingerprint density at radius 2 is 1.19 bits per heavy atom. The van der Waals surface area contributed by atoms with Crippen molar-refractivity contribution >= 4 is 46.1 Å². The molecule has 4 N–H and O–H groups in total. The molecule has 0 saturated carbocycles. The first-order chi connectivity index (χ1) is 27.8. The first kappa shape index (κ1) is 40.1. The zero-order chi connectivity index (χ0) is 41.4. The van der Waals surface area contributed by atoms with Gasteiger partial charge in [0.05, 0.1) is 37.3 Å². The molecule has 0 aliphatic carbocycles. The molecule has 58 heavy (non-hydrogen) atoms. The van der Waals surface area contributed by atoms with Crippen LogP contribution in [0.4, 0.5) is 18.4 Å². The average Bonchev–Trinajstić information content (AvgIpc) is 4.04. The molecule has 4 atom stereocenters. The Labute approximate surface area is 334 Å². The van der Waals surface area contributed by atoms with Crippen molar-refractivity contribution in [3.05, 3.63) is 71.8 Å². The summed E-state index contributed by atoms with van der Waals surface area (Å²) >= 11 is 0. The number of H-pyrrole nitrogens is 2. The molecule has 2 saturated heterocycles. The van der Waals surface area contributed by atoms with Crippen molar-refractivity contribution in [2.45, 2.75) is 77.5 Å². The van der Waals surface area contributed by atoms with Crippen molar-refractivity contribution in [2.24, 2.45) is 11.8 Å². The lowest BCUT2D eigenvalue weighted by molar-refractivity contribution is -0.136. The van der Waals surface area contributed by atoms with E-state index in [0.717, 1.165) is 12.8 Å². The fraction of sp³-hybridized carbons (Fsp3) is 0.429. The van der Waals surface area contributed by atoms with Crippen LogP contribution in [0.1, 0.15) is 77.1 Å². The monoisotopic (exact) mass is 798 g/mol. The predicted octanol–water partition coefficient (Wildman–Crippen LogP) is 7.14. The second-order valence-electron chi connectivity index (χ2n) is 15.6. The Morgan fingerprint density at radius 1 is 0.690 bits per heavy atom. The van der Waals surface area contributed by atoms with Crippen LogP contribution in [-0.4, -0.2) is 93.1 Å². The molecule has 306 valence electrons. The minimum atomic E-state index is -0.794. The van der Waals surface area contributed by atoms with Crippen LogP contribution in [0.15, 0.2) is 48.5 Å². The Balaban J connectivity index is 1.11. The second kappa shape index (κ2) is 16.4. The number of aromatic amines is 2. The normalized spacial score (nSPS) is 18.0. The molecule has 0 radical (unpaired) electrons. The number of carbonyl (C=O) groups excluding carboxylic acids is 4. The van der Waals surface area contributed by atoms with E-state index < -0.39 is 48.0 Å². The Hall–Kier alpha value is -6.06. The third kappa shape index (κ3) is 7.66. The number of likely N-dealkylation sites (tertiary alicyclic amines) is 2. The number of alkyl carbamates (subject to hydrolysis) is 2. The third-order valence-corrected chi connectivity index (χ3v) is 11.2. The van der Waals surface area contributed by atoms with E-state index in [4.69, 9.17) is 9.47 Å². The summed E-state index contributed by atoms with van der Waals surface area (Å²) in [7, 11) is 2.49. The Bertz CT molecular complexity index is 2360. The highest BCUT2D eigenvalue weighted by Crippen LogP contribution is 2.37. The predicted molar refractivity (Wildman–Crippen MR) is 212 cm³/mol. The van der Waals surface area contributed by atoms with Crippen LogP contribution in [0.2, 0.25) is 0 Å². The van der Waals surface area contributed by atoms with Gasteiger partial charge >= 0.3 is 12.2 Å². The fourth-order valence-corrected chi connectivity index (χ4v) is 8.09. The van der Waals surface area contributed by atoms with Crippen LogP contribution < -0.4 is 10.6 Å². The van der Waals surface area contributed by atoms with Gasteiger partial charge in [0.15, 0.2) is 11.6 Å². The van der Waals surface area contributed by atoms with Crippen LogP contribution in [0.25, 0.3) is 44.3 Å². The van der Waals surface area contributed by atoms with Crippen LogP contribution >= 0.6 is 0 Å². The van der Waals surface area contributed by atoms with Gasteiger partial charge in [-0.15, -0.1) is 0 Å². The van der Waals surface area contributed by atoms with Gasteiger partial charge < -0.3 is 39.9 Å². The lowest BCUT2D eigenvalue weighted by Gasteiger charge is -2.29. The first-order valence-corrected chi connectivity index (χ1v) is 19.6. The third-order valence-electron chi connectivity index (χ3n) is 11.2. The molecule has 5 aromatic rings. The van der Waals surface area contributed by atoms with Crippen LogP contribution in [-0.2, 0) is 19.1 Å². The molecule has 14 nitrogen and oxygen atoms in total. The van der Waals surface area contributed by atoms with Crippen molar-refractivity contribution in [2.75, 3.05) is 27.3 Å². The second-order valence-corrected chi connectivity index (χ2v) is 15.6. The SMILES string of the molecule is COC(=O)N[C@H](C(=O)N1CCC[C@H]1c1nc2c(F)c(-c3ccc(-c4cc(F)c5nc([C@H]6CCCN6C(=O)[C@H](NC(=O)OC)C(C)C)[nH]c5c4)cc3)ccc2[nH]1)C(C)C. The van der Waals surface area contributed by atoms with E-state index in [1.165, 1.54) is 20.3 Å². The number of hydrogen-bond donors (Lipinski definition) is 4. The Kier molecular flexibility index (Phi) is 11.4. The number of carbonyl (C=O) groups is 4. The van der Waals surface area contributed by atoms with Crippen LogP contribution in [0.5, 0.6) is 0 Å². The Morgan fingerprint density at radius 3 is 1.71 bits per heavy atom. The van der Waals surface area contributed by atoms with E-state index in [1.807, 2.05) is 27.7 Å². The van der Waals surface area contributed by atoms with Gasteiger partial charge in [-0.25, -0.2) is 28.3 Å². The van der Waals surface area contributed by atoms with Crippen molar-refractivity contribution in [1.82, 2.24) is 40.4 Å². The summed E-state index contributed by atoms with van der Waals surface area (Å²) in [5, 5.41) is 5.27. The summed E-state index contributed by atoms with van der Waals surface area (Å²) in [5.74, 6) is -1.02. The van der Waals surface area contributed by atoms with E-state index >= 15 is 8.78 Å². The molecule has 4 heterocycles. The highest BCUT2D eigenvalue weighted by molar-refractivity contribution is 5.89. The highest BCUT2D eigenvalue weighted by Gasteiger charge is 2.39. The standard InChI is InChI=1S/C42H48F2N8O6/c1-21(2)33(49-41(55)57-5)39(53)51-17-7-9-30(51)37-45-28-16-15-26(32(44)36(28)48-37)24-13-11-23(12-14-24)25-19-27(43)35-29(20-25)46-38(47-35)31-10-8-18-52(31)40(54)34(22(3)4)50-42(56)58-6/h11-16,19-22,30-31,33-34H,7-10,17-18H2,1-6H3,(H,45,48)(H,46,47)(H,49,55)(H,50,56)/t30-,31+,33-,34+/m0/s1. The zero-order valence-corrected chi connectivity index (χ0v) is 33.3. The lowest BCUT2D eigenvalue weighted by atomic mass is 9.99. The highest BCUT2D eigenvalue weighted by atomic mass is 19.1. The molecule has 16 heteroatoms. The summed E-state index contributed by atoms with van der Waals surface area (Å²) in [6.07, 6.45) is 1.32. The molecule has 4 amide bonds. The topological polar surface area (TPSA) is 175 Å². The number of amides is 4. The van der Waals surface area contributed by atoms with Gasteiger partial charge in [-0.3, -0.25) is 9.59 Å². The van der Waals surface area contributed by atoms with E-state index in [0.29, 0.717) is 70.9 Å². The molecule has 2 aliphatic rings. The fourth-order valence-electron chi connectivity index (χ4n) is 8.09. The van der Waals surface area contributed by atoms with Gasteiger partial charge in [0.1, 0.15) is 34.8 Å². The van der Waals surface area contributed by atoms with Crippen molar-refractivity contribution in [1.29, 1.82) is 0 Å². The van der Waals surface area contributed by atoms with E-state index in [9.17, 15) is 19.2 Å². The van der Waals surface area contributed by atoms with Crippen LogP contribution in [0.3, 0.4) is 0 Å². The number of aromatic nitrogens is 4. The maximum absolute atomic E-state index is 16.2.